The molecule has 1 atom stereocenters. The number of rotatable bonds is 8. The van der Waals surface area contributed by atoms with Gasteiger partial charge in [0.15, 0.2) is 0 Å². The lowest BCUT2D eigenvalue weighted by Crippen LogP contribution is -2.44. The summed E-state index contributed by atoms with van der Waals surface area (Å²) in [6, 6.07) is -0.750. The van der Waals surface area contributed by atoms with Crippen LogP contribution in [0.25, 0.3) is 0 Å². The summed E-state index contributed by atoms with van der Waals surface area (Å²) in [5.41, 5.74) is 0. The lowest BCUT2D eigenvalue weighted by Gasteiger charge is -2.13. The largest absolute Gasteiger partial charge is 0.480 e. The van der Waals surface area contributed by atoms with Crippen LogP contribution in [0.4, 0.5) is 0 Å². The second kappa shape index (κ2) is 6.48. The number of amides is 1. The van der Waals surface area contributed by atoms with E-state index in [0.717, 1.165) is 18.9 Å². The molecule has 1 aliphatic carbocycles. The van der Waals surface area contributed by atoms with Crippen molar-refractivity contribution in [1.82, 2.24) is 10.6 Å². The highest BCUT2D eigenvalue weighted by molar-refractivity contribution is 5.84. The molecule has 1 rings (SSSR count). The lowest BCUT2D eigenvalue weighted by molar-refractivity contribution is -0.141. The van der Waals surface area contributed by atoms with E-state index in [4.69, 9.17) is 5.11 Å². The van der Waals surface area contributed by atoms with Gasteiger partial charge in [-0.2, -0.15) is 0 Å². The minimum absolute atomic E-state index is 0.212. The minimum atomic E-state index is -0.961. The number of hydrogen-bond acceptors (Lipinski definition) is 3. The first kappa shape index (κ1) is 13.0. The third-order valence-electron chi connectivity index (χ3n) is 2.63. The highest BCUT2D eigenvalue weighted by Gasteiger charge is 2.21. The molecular weight excluding hydrogens is 208 g/mol. The Kier molecular flexibility index (Phi) is 5.25. The first-order valence-electron chi connectivity index (χ1n) is 5.86. The number of carbonyl (C=O) groups excluding carboxylic acids is 1. The summed E-state index contributed by atoms with van der Waals surface area (Å²) in [6.45, 7) is 2.97. The average molecular weight is 228 g/mol. The van der Waals surface area contributed by atoms with Gasteiger partial charge in [-0.25, -0.2) is 4.79 Å². The second-order valence-corrected chi connectivity index (χ2v) is 4.32. The molecule has 0 saturated heterocycles. The highest BCUT2D eigenvalue weighted by atomic mass is 16.4. The van der Waals surface area contributed by atoms with Gasteiger partial charge < -0.3 is 15.7 Å². The van der Waals surface area contributed by atoms with Crippen LogP contribution in [0.5, 0.6) is 0 Å². The molecule has 0 radical (unpaired) electrons. The highest BCUT2D eigenvalue weighted by Crippen LogP contribution is 2.27. The molecule has 1 saturated carbocycles. The van der Waals surface area contributed by atoms with Gasteiger partial charge >= 0.3 is 5.97 Å². The molecule has 92 valence electrons. The molecule has 0 heterocycles. The molecule has 16 heavy (non-hydrogen) atoms. The summed E-state index contributed by atoms with van der Waals surface area (Å²) in [5, 5.41) is 14.4. The van der Waals surface area contributed by atoms with E-state index in [-0.39, 0.29) is 12.5 Å². The van der Waals surface area contributed by atoms with E-state index in [1.54, 1.807) is 0 Å². The Labute approximate surface area is 95.6 Å². The average Bonchev–Trinajstić information content (AvgIpc) is 3.01. The van der Waals surface area contributed by atoms with Crippen LogP contribution in [0.2, 0.25) is 0 Å². The zero-order valence-corrected chi connectivity index (χ0v) is 9.66. The van der Waals surface area contributed by atoms with Crippen LogP contribution in [-0.2, 0) is 9.59 Å². The first-order chi connectivity index (χ1) is 7.63. The third kappa shape index (κ3) is 5.11. The SMILES string of the molecule is CCC[C@H](NC(=O)CNCC1CC1)C(=O)O. The van der Waals surface area contributed by atoms with Gasteiger partial charge in [0.25, 0.3) is 0 Å². The van der Waals surface area contributed by atoms with E-state index in [0.29, 0.717) is 6.42 Å². The third-order valence-corrected chi connectivity index (χ3v) is 2.63. The van der Waals surface area contributed by atoms with E-state index in [1.807, 2.05) is 6.92 Å². The lowest BCUT2D eigenvalue weighted by atomic mass is 10.1. The van der Waals surface area contributed by atoms with Crippen molar-refractivity contribution < 1.29 is 14.7 Å². The molecule has 3 N–H and O–H groups in total. The summed E-state index contributed by atoms with van der Waals surface area (Å²) >= 11 is 0. The van der Waals surface area contributed by atoms with E-state index in [2.05, 4.69) is 10.6 Å². The fourth-order valence-corrected chi connectivity index (χ4v) is 1.50. The fourth-order valence-electron chi connectivity index (χ4n) is 1.50. The molecule has 0 spiro atoms. The molecule has 1 fully saturated rings. The summed E-state index contributed by atoms with van der Waals surface area (Å²) in [4.78, 5) is 22.2. The fraction of sp³-hybridized carbons (Fsp3) is 0.818. The predicted molar refractivity (Wildman–Crippen MR) is 60.1 cm³/mol. The molecule has 5 heteroatoms. The van der Waals surface area contributed by atoms with E-state index in [9.17, 15) is 9.59 Å². The molecule has 0 bridgehead atoms. The van der Waals surface area contributed by atoms with Gasteiger partial charge in [-0.15, -0.1) is 0 Å². The van der Waals surface area contributed by atoms with Gasteiger partial charge in [0.1, 0.15) is 6.04 Å². The van der Waals surface area contributed by atoms with E-state index >= 15 is 0 Å². The Morgan fingerprint density at radius 1 is 1.44 bits per heavy atom. The monoisotopic (exact) mass is 228 g/mol. The van der Waals surface area contributed by atoms with E-state index < -0.39 is 12.0 Å². The maximum absolute atomic E-state index is 11.4. The summed E-state index contributed by atoms with van der Waals surface area (Å²) in [6.07, 6.45) is 3.70. The second-order valence-electron chi connectivity index (χ2n) is 4.32. The van der Waals surface area contributed by atoms with Crippen molar-refractivity contribution in [3.05, 3.63) is 0 Å². The van der Waals surface area contributed by atoms with Gasteiger partial charge in [-0.05, 0) is 31.7 Å². The molecule has 0 aromatic heterocycles. The molecule has 1 amide bonds. The summed E-state index contributed by atoms with van der Waals surface area (Å²) < 4.78 is 0. The molecular formula is C11H20N2O3. The van der Waals surface area contributed by atoms with Crippen LogP contribution in [-0.4, -0.2) is 36.1 Å². The van der Waals surface area contributed by atoms with Gasteiger partial charge in [-0.3, -0.25) is 4.79 Å². The maximum Gasteiger partial charge on any atom is 0.326 e. The van der Waals surface area contributed by atoms with E-state index in [1.165, 1.54) is 12.8 Å². The summed E-state index contributed by atoms with van der Waals surface area (Å²) in [7, 11) is 0. The van der Waals surface area contributed by atoms with Gasteiger partial charge in [0.2, 0.25) is 5.91 Å². The Morgan fingerprint density at radius 2 is 2.12 bits per heavy atom. The Morgan fingerprint density at radius 3 is 2.62 bits per heavy atom. The summed E-state index contributed by atoms with van der Waals surface area (Å²) in [5.74, 6) is -0.474. The number of carboxylic acid groups (broad SMARTS) is 1. The smallest absolute Gasteiger partial charge is 0.326 e. The van der Waals surface area contributed by atoms with Gasteiger partial charge in [0, 0.05) is 0 Å². The van der Waals surface area contributed by atoms with Crippen LogP contribution in [0, 0.1) is 5.92 Å². The molecule has 0 unspecified atom stereocenters. The van der Waals surface area contributed by atoms with Gasteiger partial charge in [-0.1, -0.05) is 13.3 Å². The molecule has 0 aliphatic heterocycles. The Hall–Kier alpha value is -1.10. The number of carboxylic acids is 1. The van der Waals surface area contributed by atoms with Crippen LogP contribution < -0.4 is 10.6 Å². The molecule has 1 aliphatic rings. The van der Waals surface area contributed by atoms with Crippen LogP contribution in [0.3, 0.4) is 0 Å². The number of carbonyl (C=O) groups is 2. The van der Waals surface area contributed by atoms with Crippen molar-refractivity contribution in [3.63, 3.8) is 0 Å². The van der Waals surface area contributed by atoms with Crippen LogP contribution >= 0.6 is 0 Å². The first-order valence-corrected chi connectivity index (χ1v) is 5.86. The zero-order chi connectivity index (χ0) is 12.0. The maximum atomic E-state index is 11.4. The number of hydrogen-bond donors (Lipinski definition) is 3. The van der Waals surface area contributed by atoms with Crippen LogP contribution in [0.1, 0.15) is 32.6 Å². The quantitative estimate of drug-likeness (QED) is 0.560. The Bertz CT molecular complexity index is 252. The normalized spacial score (nSPS) is 16.8. The number of aliphatic carboxylic acids is 1. The van der Waals surface area contributed by atoms with Crippen molar-refractivity contribution in [2.45, 2.75) is 38.6 Å². The molecule has 0 aromatic carbocycles. The zero-order valence-electron chi connectivity index (χ0n) is 9.66. The van der Waals surface area contributed by atoms with Crippen LogP contribution in [0.15, 0.2) is 0 Å². The van der Waals surface area contributed by atoms with Crippen molar-refractivity contribution in [2.24, 2.45) is 5.92 Å². The predicted octanol–water partition coefficient (Wildman–Crippen LogP) is 0.355. The topological polar surface area (TPSA) is 78.4 Å². The molecule has 0 aromatic rings. The molecule has 5 nitrogen and oxygen atoms in total. The Balaban J connectivity index is 2.15. The van der Waals surface area contributed by atoms with Crippen molar-refractivity contribution in [3.8, 4) is 0 Å². The van der Waals surface area contributed by atoms with Crippen molar-refractivity contribution in [2.75, 3.05) is 13.1 Å². The van der Waals surface area contributed by atoms with Crippen molar-refractivity contribution >= 4 is 11.9 Å². The standard InChI is InChI=1S/C11H20N2O3/c1-2-3-9(11(15)16)13-10(14)7-12-6-8-4-5-8/h8-9,12H,2-7H2,1H3,(H,13,14)(H,15,16)/t9-/m0/s1. The van der Waals surface area contributed by atoms with Gasteiger partial charge in [0.05, 0.1) is 6.54 Å². The number of nitrogens with one attached hydrogen (secondary N) is 2. The minimum Gasteiger partial charge on any atom is -0.480 e. The van der Waals surface area contributed by atoms with Crippen molar-refractivity contribution in [1.29, 1.82) is 0 Å².